The van der Waals surface area contributed by atoms with Crippen LogP contribution in [0.5, 0.6) is 0 Å². The van der Waals surface area contributed by atoms with E-state index in [0.29, 0.717) is 6.42 Å². The van der Waals surface area contributed by atoms with E-state index in [9.17, 15) is 9.59 Å². The van der Waals surface area contributed by atoms with Crippen molar-refractivity contribution in [3.05, 3.63) is 0 Å². The second kappa shape index (κ2) is 5.20. The normalized spacial score (nSPS) is 10.9. The van der Waals surface area contributed by atoms with E-state index in [1.807, 2.05) is 20.8 Å². The highest BCUT2D eigenvalue weighted by Crippen LogP contribution is 2.19. The first kappa shape index (κ1) is 13.2. The second-order valence-electron chi connectivity index (χ2n) is 3.58. The Morgan fingerprint density at radius 1 is 1.43 bits per heavy atom. The van der Waals surface area contributed by atoms with Crippen molar-refractivity contribution in [1.29, 1.82) is 0 Å². The summed E-state index contributed by atoms with van der Waals surface area (Å²) in [6.45, 7) is 6.88. The van der Waals surface area contributed by atoms with Gasteiger partial charge in [0.05, 0.1) is 5.54 Å². The average Bonchev–Trinajstić information content (AvgIpc) is 2.12. The monoisotopic (exact) mass is 221 g/mol. The predicted molar refractivity (Wildman–Crippen MR) is 53.7 cm³/mol. The van der Waals surface area contributed by atoms with Gasteiger partial charge >= 0.3 is 5.97 Å². The van der Waals surface area contributed by atoms with Gasteiger partial charge in [-0.25, -0.2) is 4.79 Å². The Labute approximate surface area is 89.1 Å². The molecule has 14 heavy (non-hydrogen) atoms. The molecule has 0 aliphatic heterocycles. The molecule has 0 atom stereocenters. The van der Waals surface area contributed by atoms with Gasteiger partial charge in [-0.05, 0) is 20.3 Å². The van der Waals surface area contributed by atoms with Crippen LogP contribution in [0.1, 0.15) is 34.1 Å². The molecular formula is C9H16ClNO3. The molecular weight excluding hydrogens is 206 g/mol. The van der Waals surface area contributed by atoms with Gasteiger partial charge in [-0.3, -0.25) is 4.79 Å². The van der Waals surface area contributed by atoms with Crippen LogP contribution in [0.3, 0.4) is 0 Å². The third kappa shape index (κ3) is 3.54. The minimum absolute atomic E-state index is 0.260. The minimum atomic E-state index is -0.622. The summed E-state index contributed by atoms with van der Waals surface area (Å²) >= 11 is 5.28. The number of alkyl halides is 1. The Hall–Kier alpha value is -0.770. The minimum Gasteiger partial charge on any atom is -0.336 e. The Kier molecular flexibility index (Phi) is 4.91. The molecule has 0 saturated heterocycles. The van der Waals surface area contributed by atoms with Crippen molar-refractivity contribution in [1.82, 2.24) is 5.06 Å². The predicted octanol–water partition coefficient (Wildman–Crippen LogP) is 1.72. The van der Waals surface area contributed by atoms with Gasteiger partial charge in [-0.2, -0.15) is 5.06 Å². The van der Waals surface area contributed by atoms with Crippen molar-refractivity contribution in [2.24, 2.45) is 0 Å². The first-order chi connectivity index (χ1) is 6.35. The van der Waals surface area contributed by atoms with Crippen LogP contribution in [-0.2, 0) is 14.4 Å². The summed E-state index contributed by atoms with van der Waals surface area (Å²) in [7, 11) is 0. The largest absolute Gasteiger partial charge is 0.347 e. The summed E-state index contributed by atoms with van der Waals surface area (Å²) in [6.07, 6.45) is 0.683. The molecule has 0 aliphatic rings. The first-order valence-corrected chi connectivity index (χ1v) is 4.96. The molecule has 0 N–H and O–H groups in total. The first-order valence-electron chi connectivity index (χ1n) is 4.42. The molecule has 0 fully saturated rings. The molecule has 0 spiro atoms. The number of carbonyl (C=O) groups is 2. The summed E-state index contributed by atoms with van der Waals surface area (Å²) in [5.74, 6) is -1.19. The van der Waals surface area contributed by atoms with E-state index in [1.165, 1.54) is 6.92 Å². The van der Waals surface area contributed by atoms with Crippen molar-refractivity contribution >= 4 is 23.5 Å². The number of halogens is 1. The lowest BCUT2D eigenvalue weighted by Crippen LogP contribution is -2.47. The lowest BCUT2D eigenvalue weighted by molar-refractivity contribution is -0.216. The summed E-state index contributed by atoms with van der Waals surface area (Å²) in [5.41, 5.74) is -0.506. The number of hydrogen-bond donors (Lipinski definition) is 0. The molecule has 0 aromatic carbocycles. The van der Waals surface area contributed by atoms with Gasteiger partial charge in [0.2, 0.25) is 0 Å². The van der Waals surface area contributed by atoms with Crippen LogP contribution >= 0.6 is 11.6 Å². The van der Waals surface area contributed by atoms with Crippen molar-refractivity contribution in [2.75, 3.05) is 5.88 Å². The molecule has 0 radical (unpaired) electrons. The molecule has 5 heteroatoms. The van der Waals surface area contributed by atoms with E-state index in [-0.39, 0.29) is 11.8 Å². The van der Waals surface area contributed by atoms with Crippen molar-refractivity contribution < 1.29 is 14.4 Å². The molecule has 0 aromatic heterocycles. The van der Waals surface area contributed by atoms with Crippen molar-refractivity contribution in [3.8, 4) is 0 Å². The van der Waals surface area contributed by atoms with Crippen LogP contribution in [0.25, 0.3) is 0 Å². The third-order valence-electron chi connectivity index (χ3n) is 2.00. The second-order valence-corrected chi connectivity index (χ2v) is 3.84. The van der Waals surface area contributed by atoms with Gasteiger partial charge in [0.25, 0.3) is 5.91 Å². The molecule has 82 valence electrons. The van der Waals surface area contributed by atoms with Gasteiger partial charge in [-0.1, -0.05) is 6.92 Å². The molecule has 0 saturated carbocycles. The van der Waals surface area contributed by atoms with Gasteiger partial charge in [-0.15, -0.1) is 11.6 Å². The van der Waals surface area contributed by atoms with Crippen molar-refractivity contribution in [3.63, 3.8) is 0 Å². The van der Waals surface area contributed by atoms with Gasteiger partial charge < -0.3 is 4.84 Å². The van der Waals surface area contributed by atoms with Crippen molar-refractivity contribution in [2.45, 2.75) is 39.7 Å². The molecule has 4 nitrogen and oxygen atoms in total. The Morgan fingerprint density at radius 2 is 1.93 bits per heavy atom. The summed E-state index contributed by atoms with van der Waals surface area (Å²) in [6, 6.07) is 0. The molecule has 0 unspecified atom stereocenters. The molecule has 0 aliphatic carbocycles. The highest BCUT2D eigenvalue weighted by atomic mass is 35.5. The maximum absolute atomic E-state index is 11.2. The van der Waals surface area contributed by atoms with Crippen LogP contribution in [0, 0.1) is 0 Å². The highest BCUT2D eigenvalue weighted by Gasteiger charge is 2.30. The highest BCUT2D eigenvalue weighted by molar-refractivity contribution is 6.26. The average molecular weight is 222 g/mol. The van der Waals surface area contributed by atoms with Gasteiger partial charge in [0.1, 0.15) is 5.88 Å². The maximum atomic E-state index is 11.2. The zero-order valence-corrected chi connectivity index (χ0v) is 9.72. The number of hydrogen-bond acceptors (Lipinski definition) is 3. The zero-order valence-electron chi connectivity index (χ0n) is 8.96. The van der Waals surface area contributed by atoms with E-state index in [4.69, 9.17) is 16.4 Å². The smallest absolute Gasteiger partial charge is 0.336 e. The Balaban J connectivity index is 4.61. The van der Waals surface area contributed by atoms with E-state index in [0.717, 1.165) is 5.06 Å². The standard InChI is InChI=1S/C9H16ClNO3/c1-5-9(3,4)11(7(2)12)14-8(13)6-10/h5-6H2,1-4H3. The summed E-state index contributed by atoms with van der Waals surface area (Å²) < 4.78 is 0. The van der Waals surface area contributed by atoms with E-state index >= 15 is 0 Å². The molecule has 0 heterocycles. The maximum Gasteiger partial charge on any atom is 0.347 e. The lowest BCUT2D eigenvalue weighted by atomic mass is 10.0. The number of carbonyl (C=O) groups excluding carboxylic acids is 2. The van der Waals surface area contributed by atoms with E-state index < -0.39 is 11.5 Å². The van der Waals surface area contributed by atoms with Crippen LogP contribution in [0.15, 0.2) is 0 Å². The fourth-order valence-electron chi connectivity index (χ4n) is 0.884. The molecule has 0 bridgehead atoms. The lowest BCUT2D eigenvalue weighted by Gasteiger charge is -2.34. The van der Waals surface area contributed by atoms with E-state index in [1.54, 1.807) is 0 Å². The Morgan fingerprint density at radius 3 is 2.21 bits per heavy atom. The quantitative estimate of drug-likeness (QED) is 0.539. The number of rotatable bonds is 3. The zero-order chi connectivity index (χ0) is 11.4. The number of nitrogens with zero attached hydrogens (tertiary/aromatic N) is 1. The third-order valence-corrected chi connectivity index (χ3v) is 2.22. The fraction of sp³-hybridized carbons (Fsp3) is 0.778. The summed E-state index contributed by atoms with van der Waals surface area (Å²) in [4.78, 5) is 27.0. The van der Waals surface area contributed by atoms with E-state index in [2.05, 4.69) is 0 Å². The van der Waals surface area contributed by atoms with Crippen LogP contribution < -0.4 is 0 Å². The number of hydroxylamine groups is 2. The SMILES string of the molecule is CCC(C)(C)N(OC(=O)CCl)C(C)=O. The topological polar surface area (TPSA) is 46.6 Å². The Bertz CT molecular complexity index is 228. The molecule has 1 amide bonds. The molecule has 0 rings (SSSR count). The number of amides is 1. The van der Waals surface area contributed by atoms with Crippen LogP contribution in [0.2, 0.25) is 0 Å². The van der Waals surface area contributed by atoms with Gasteiger partial charge in [0, 0.05) is 6.92 Å². The van der Waals surface area contributed by atoms with Crippen LogP contribution in [-0.4, -0.2) is 28.4 Å². The summed E-state index contributed by atoms with van der Waals surface area (Å²) in [5, 5.41) is 1.07. The fourth-order valence-corrected chi connectivity index (χ4v) is 0.933. The molecule has 0 aromatic rings. The van der Waals surface area contributed by atoms with Gasteiger partial charge in [0.15, 0.2) is 0 Å². The van der Waals surface area contributed by atoms with Crippen LogP contribution in [0.4, 0.5) is 0 Å².